The lowest BCUT2D eigenvalue weighted by Gasteiger charge is -2.36. The molecule has 2 aromatic carbocycles. The summed E-state index contributed by atoms with van der Waals surface area (Å²) in [4.78, 5) is 18.6. The average Bonchev–Trinajstić information content (AvgIpc) is 3.34. The van der Waals surface area contributed by atoms with Crippen LogP contribution in [0.3, 0.4) is 0 Å². The average molecular weight is 457 g/mol. The van der Waals surface area contributed by atoms with E-state index in [0.717, 1.165) is 5.56 Å². The van der Waals surface area contributed by atoms with Crippen LogP contribution in [0.5, 0.6) is 0 Å². The fourth-order valence-electron chi connectivity index (χ4n) is 3.71. The lowest BCUT2D eigenvalue weighted by molar-refractivity contribution is 0.0596. The van der Waals surface area contributed by atoms with Crippen molar-refractivity contribution < 1.29 is 22.5 Å². The first-order valence-electron chi connectivity index (χ1n) is 10.2. The Bertz CT molecular complexity index is 1190. The minimum atomic E-state index is -3.84. The summed E-state index contributed by atoms with van der Waals surface area (Å²) in [5, 5.41) is 4.07. The highest BCUT2D eigenvalue weighted by Crippen LogP contribution is 2.26. The molecule has 2 heterocycles. The fourth-order valence-corrected chi connectivity index (χ4v) is 5.31. The SMILES string of the molecule is COC(=O)c1ccccc1S(=O)(=O)N1CCN(C(C)c2nc(-c3ccccc3)no2)CC1. The van der Waals surface area contributed by atoms with Gasteiger partial charge < -0.3 is 9.26 Å². The zero-order valence-corrected chi connectivity index (χ0v) is 18.7. The third-order valence-electron chi connectivity index (χ3n) is 5.56. The number of carbonyl (C=O) groups is 1. The van der Waals surface area contributed by atoms with Crippen LogP contribution in [-0.4, -0.2) is 67.0 Å². The van der Waals surface area contributed by atoms with Crippen molar-refractivity contribution in [3.8, 4) is 11.4 Å². The second kappa shape index (κ2) is 9.19. The predicted octanol–water partition coefficient (Wildman–Crippen LogP) is 2.59. The maximum Gasteiger partial charge on any atom is 0.339 e. The molecule has 1 aromatic heterocycles. The Morgan fingerprint density at radius 1 is 1.03 bits per heavy atom. The van der Waals surface area contributed by atoms with E-state index in [-0.39, 0.29) is 29.6 Å². The second-order valence-electron chi connectivity index (χ2n) is 7.43. The number of piperazine rings is 1. The first kappa shape index (κ1) is 22.1. The van der Waals surface area contributed by atoms with Crippen LogP contribution in [0.1, 0.15) is 29.2 Å². The van der Waals surface area contributed by atoms with E-state index in [4.69, 9.17) is 9.26 Å². The van der Waals surface area contributed by atoms with Crippen LogP contribution in [-0.2, 0) is 14.8 Å². The lowest BCUT2D eigenvalue weighted by atomic mass is 10.2. The Labute approximate surface area is 186 Å². The standard InChI is InChI=1S/C22H24N4O5S/c1-16(21-23-20(24-31-21)17-8-4-3-5-9-17)25-12-14-26(15-13-25)32(28,29)19-11-7-6-10-18(19)22(27)30-2/h3-11,16H,12-15H2,1-2H3. The second-order valence-corrected chi connectivity index (χ2v) is 9.33. The number of sulfonamides is 1. The van der Waals surface area contributed by atoms with Crippen molar-refractivity contribution in [1.29, 1.82) is 0 Å². The molecule has 0 N–H and O–H groups in total. The van der Waals surface area contributed by atoms with Crippen LogP contribution in [0.2, 0.25) is 0 Å². The number of hydrogen-bond acceptors (Lipinski definition) is 8. The minimum Gasteiger partial charge on any atom is -0.465 e. The molecule has 0 radical (unpaired) electrons. The van der Waals surface area contributed by atoms with E-state index < -0.39 is 16.0 Å². The fraction of sp³-hybridized carbons (Fsp3) is 0.318. The Morgan fingerprint density at radius 2 is 1.69 bits per heavy atom. The molecular formula is C22H24N4O5S. The number of hydrogen-bond donors (Lipinski definition) is 0. The number of esters is 1. The molecule has 1 fully saturated rings. The van der Waals surface area contributed by atoms with E-state index in [1.54, 1.807) is 12.1 Å². The molecule has 168 valence electrons. The monoisotopic (exact) mass is 456 g/mol. The number of nitrogens with zero attached hydrogens (tertiary/aromatic N) is 4. The summed E-state index contributed by atoms with van der Waals surface area (Å²) in [6.07, 6.45) is 0. The van der Waals surface area contributed by atoms with Crippen LogP contribution in [0, 0.1) is 0 Å². The number of methoxy groups -OCH3 is 1. The van der Waals surface area contributed by atoms with Gasteiger partial charge in [-0.25, -0.2) is 13.2 Å². The molecule has 0 aliphatic carbocycles. The van der Waals surface area contributed by atoms with Crippen molar-refractivity contribution in [3.63, 3.8) is 0 Å². The van der Waals surface area contributed by atoms with Gasteiger partial charge in [0.2, 0.25) is 21.7 Å². The summed E-state index contributed by atoms with van der Waals surface area (Å²) in [5.41, 5.74) is 0.903. The first-order chi connectivity index (χ1) is 15.4. The normalized spacial score (nSPS) is 16.6. The van der Waals surface area contributed by atoms with Gasteiger partial charge in [0.1, 0.15) is 0 Å². The van der Waals surface area contributed by atoms with Crippen molar-refractivity contribution in [2.75, 3.05) is 33.3 Å². The molecule has 9 nitrogen and oxygen atoms in total. The third-order valence-corrected chi connectivity index (χ3v) is 7.52. The highest BCUT2D eigenvalue weighted by molar-refractivity contribution is 7.89. The maximum atomic E-state index is 13.2. The van der Waals surface area contributed by atoms with E-state index in [1.807, 2.05) is 37.3 Å². The molecular weight excluding hydrogens is 432 g/mol. The number of aromatic nitrogens is 2. The van der Waals surface area contributed by atoms with Gasteiger partial charge in [-0.1, -0.05) is 47.6 Å². The number of ether oxygens (including phenoxy) is 1. The third kappa shape index (κ3) is 4.29. The van der Waals surface area contributed by atoms with Gasteiger partial charge in [0.25, 0.3) is 0 Å². The Kier molecular flexibility index (Phi) is 6.35. The lowest BCUT2D eigenvalue weighted by Crippen LogP contribution is -2.49. The quantitative estimate of drug-likeness (QED) is 0.521. The summed E-state index contributed by atoms with van der Waals surface area (Å²) in [7, 11) is -2.61. The molecule has 0 amide bonds. The number of rotatable bonds is 6. The first-order valence-corrected chi connectivity index (χ1v) is 11.7. The summed E-state index contributed by atoms with van der Waals surface area (Å²) in [6.45, 7) is 3.50. The van der Waals surface area contributed by atoms with Gasteiger partial charge in [0, 0.05) is 31.7 Å². The van der Waals surface area contributed by atoms with Crippen molar-refractivity contribution in [2.24, 2.45) is 0 Å². The van der Waals surface area contributed by atoms with E-state index in [9.17, 15) is 13.2 Å². The molecule has 0 saturated carbocycles. The molecule has 1 atom stereocenters. The zero-order chi connectivity index (χ0) is 22.7. The van der Waals surface area contributed by atoms with E-state index in [1.165, 1.54) is 23.5 Å². The largest absolute Gasteiger partial charge is 0.465 e. The predicted molar refractivity (Wildman–Crippen MR) is 116 cm³/mol. The van der Waals surface area contributed by atoms with Crippen LogP contribution < -0.4 is 0 Å². The minimum absolute atomic E-state index is 0.0325. The van der Waals surface area contributed by atoms with Crippen LogP contribution >= 0.6 is 0 Å². The number of carbonyl (C=O) groups excluding carboxylic acids is 1. The van der Waals surface area contributed by atoms with Gasteiger partial charge in [-0.3, -0.25) is 4.90 Å². The van der Waals surface area contributed by atoms with Crippen LogP contribution in [0.4, 0.5) is 0 Å². The Balaban J connectivity index is 1.45. The van der Waals surface area contributed by atoms with Gasteiger partial charge in [-0.15, -0.1) is 0 Å². The summed E-state index contributed by atoms with van der Waals surface area (Å²) >= 11 is 0. The topological polar surface area (TPSA) is 106 Å². The molecule has 1 unspecified atom stereocenters. The van der Waals surface area contributed by atoms with Gasteiger partial charge >= 0.3 is 5.97 Å². The van der Waals surface area contributed by atoms with E-state index in [2.05, 4.69) is 15.0 Å². The molecule has 10 heteroatoms. The van der Waals surface area contributed by atoms with E-state index >= 15 is 0 Å². The van der Waals surface area contributed by atoms with Gasteiger partial charge in [0.15, 0.2) is 0 Å². The van der Waals surface area contributed by atoms with Crippen molar-refractivity contribution >= 4 is 16.0 Å². The highest BCUT2D eigenvalue weighted by Gasteiger charge is 2.34. The molecule has 1 saturated heterocycles. The zero-order valence-electron chi connectivity index (χ0n) is 17.8. The Hall–Kier alpha value is -3.08. The molecule has 1 aliphatic heterocycles. The molecule has 3 aromatic rings. The van der Waals surface area contributed by atoms with Crippen LogP contribution in [0.25, 0.3) is 11.4 Å². The van der Waals surface area contributed by atoms with Crippen molar-refractivity contribution in [1.82, 2.24) is 19.3 Å². The van der Waals surface area contributed by atoms with Gasteiger partial charge in [-0.2, -0.15) is 9.29 Å². The summed E-state index contributed by atoms with van der Waals surface area (Å²) < 4.78 is 38.0. The summed E-state index contributed by atoms with van der Waals surface area (Å²) in [5.74, 6) is 0.325. The highest BCUT2D eigenvalue weighted by atomic mass is 32.2. The van der Waals surface area contributed by atoms with E-state index in [0.29, 0.717) is 24.8 Å². The van der Waals surface area contributed by atoms with Gasteiger partial charge in [0.05, 0.1) is 23.6 Å². The van der Waals surface area contributed by atoms with Crippen LogP contribution in [0.15, 0.2) is 64.0 Å². The molecule has 4 rings (SSSR count). The number of benzene rings is 2. The van der Waals surface area contributed by atoms with Crippen molar-refractivity contribution in [2.45, 2.75) is 17.9 Å². The molecule has 1 aliphatic rings. The molecule has 0 spiro atoms. The van der Waals surface area contributed by atoms with Crippen molar-refractivity contribution in [3.05, 3.63) is 66.1 Å². The molecule has 0 bridgehead atoms. The Morgan fingerprint density at radius 3 is 2.38 bits per heavy atom. The molecule has 32 heavy (non-hydrogen) atoms. The summed E-state index contributed by atoms with van der Waals surface area (Å²) in [6, 6.07) is 15.5. The van der Waals surface area contributed by atoms with Gasteiger partial charge in [-0.05, 0) is 19.1 Å². The smallest absolute Gasteiger partial charge is 0.339 e. The maximum absolute atomic E-state index is 13.2.